The molecule has 1 aliphatic heterocycles. The topological polar surface area (TPSA) is 62.6 Å². The largest absolute Gasteiger partial charge is 0.422 e. The van der Waals surface area contributed by atoms with Crippen molar-refractivity contribution in [2.75, 3.05) is 23.3 Å². The first-order valence-corrected chi connectivity index (χ1v) is 11.8. The quantitative estimate of drug-likeness (QED) is 0.340. The summed E-state index contributed by atoms with van der Waals surface area (Å²) < 4.78 is 5.42. The Morgan fingerprint density at radius 2 is 1.74 bits per heavy atom. The van der Waals surface area contributed by atoms with Crippen LogP contribution in [0.15, 0.2) is 82.0 Å². The van der Waals surface area contributed by atoms with E-state index in [4.69, 9.17) is 16.0 Å². The van der Waals surface area contributed by atoms with Crippen LogP contribution >= 0.6 is 11.6 Å². The minimum atomic E-state index is -0.409. The predicted octanol–water partition coefficient (Wildman–Crippen LogP) is 6.60. The summed E-state index contributed by atoms with van der Waals surface area (Å²) in [5, 5.41) is 4.38. The molecule has 3 aromatic carbocycles. The number of carbonyl (C=O) groups is 1. The highest BCUT2D eigenvalue weighted by atomic mass is 35.5. The van der Waals surface area contributed by atoms with Crippen molar-refractivity contribution >= 4 is 39.9 Å². The number of halogens is 1. The zero-order valence-corrected chi connectivity index (χ0v) is 19.6. The molecule has 2 heterocycles. The SMILES string of the molecule is CC1CCN(c2ccc(NC(=O)c3ccc(-c4cc5ccccc5oc4=O)cc3)cc2Cl)CC1. The van der Waals surface area contributed by atoms with Gasteiger partial charge in [0.25, 0.3) is 5.91 Å². The molecule has 0 bridgehead atoms. The van der Waals surface area contributed by atoms with Crippen LogP contribution in [0.5, 0.6) is 0 Å². The molecule has 1 aromatic heterocycles. The Bertz CT molecular complexity index is 1400. The Morgan fingerprint density at radius 3 is 2.47 bits per heavy atom. The minimum Gasteiger partial charge on any atom is -0.422 e. The summed E-state index contributed by atoms with van der Waals surface area (Å²) in [6.07, 6.45) is 2.32. The van der Waals surface area contributed by atoms with Gasteiger partial charge in [0.2, 0.25) is 0 Å². The number of fused-ring (bicyclic) bond motifs is 1. The van der Waals surface area contributed by atoms with E-state index in [1.807, 2.05) is 36.4 Å². The van der Waals surface area contributed by atoms with Gasteiger partial charge in [0.1, 0.15) is 5.58 Å². The van der Waals surface area contributed by atoms with Crippen molar-refractivity contribution in [3.8, 4) is 11.1 Å². The number of hydrogen-bond acceptors (Lipinski definition) is 4. The molecule has 34 heavy (non-hydrogen) atoms. The standard InChI is InChI=1S/C28H25ClN2O3/c1-18-12-14-31(15-13-18)25-11-10-22(17-24(25)29)30-27(32)20-8-6-19(7-9-20)23-16-21-4-2-3-5-26(21)34-28(23)33/h2-11,16-18H,12-15H2,1H3,(H,30,32). The van der Waals surface area contributed by atoms with Gasteiger partial charge in [0, 0.05) is 29.7 Å². The normalized spacial score (nSPS) is 14.4. The fraction of sp³-hybridized carbons (Fsp3) is 0.214. The Morgan fingerprint density at radius 1 is 1.00 bits per heavy atom. The lowest BCUT2D eigenvalue weighted by Crippen LogP contribution is -2.32. The molecule has 172 valence electrons. The number of piperidine rings is 1. The molecule has 1 fully saturated rings. The molecule has 0 spiro atoms. The van der Waals surface area contributed by atoms with Gasteiger partial charge in [0.15, 0.2) is 0 Å². The number of para-hydroxylation sites is 1. The van der Waals surface area contributed by atoms with Crippen molar-refractivity contribution in [3.63, 3.8) is 0 Å². The fourth-order valence-corrected chi connectivity index (χ4v) is 4.66. The molecule has 0 saturated carbocycles. The summed E-state index contributed by atoms with van der Waals surface area (Å²) in [5.74, 6) is 0.503. The van der Waals surface area contributed by atoms with E-state index in [0.29, 0.717) is 33.0 Å². The third-order valence-corrected chi connectivity index (χ3v) is 6.73. The van der Waals surface area contributed by atoms with E-state index in [9.17, 15) is 9.59 Å². The van der Waals surface area contributed by atoms with Crippen LogP contribution < -0.4 is 15.8 Å². The van der Waals surface area contributed by atoms with Gasteiger partial charge < -0.3 is 14.6 Å². The first kappa shape index (κ1) is 22.2. The number of nitrogens with one attached hydrogen (secondary N) is 1. The maximum Gasteiger partial charge on any atom is 0.344 e. The van der Waals surface area contributed by atoms with Gasteiger partial charge in [-0.25, -0.2) is 4.79 Å². The first-order chi connectivity index (χ1) is 16.5. The van der Waals surface area contributed by atoms with Crippen LogP contribution in [0, 0.1) is 5.92 Å². The van der Waals surface area contributed by atoms with Crippen molar-refractivity contribution < 1.29 is 9.21 Å². The molecule has 0 aliphatic carbocycles. The number of anilines is 2. The number of rotatable bonds is 4. The predicted molar refractivity (Wildman–Crippen MR) is 138 cm³/mol. The lowest BCUT2D eigenvalue weighted by atomic mass is 9.99. The highest BCUT2D eigenvalue weighted by Crippen LogP contribution is 2.32. The molecule has 1 aliphatic rings. The van der Waals surface area contributed by atoms with Crippen molar-refractivity contribution in [1.29, 1.82) is 0 Å². The lowest BCUT2D eigenvalue weighted by Gasteiger charge is -2.32. The summed E-state index contributed by atoms with van der Waals surface area (Å²) >= 11 is 6.54. The average molecular weight is 473 g/mol. The van der Waals surface area contributed by atoms with Gasteiger partial charge >= 0.3 is 5.63 Å². The third-order valence-electron chi connectivity index (χ3n) is 6.43. The summed E-state index contributed by atoms with van der Waals surface area (Å²) in [5.41, 5.74) is 3.42. The molecule has 0 atom stereocenters. The van der Waals surface area contributed by atoms with Crippen LogP contribution in [0.1, 0.15) is 30.1 Å². The fourth-order valence-electron chi connectivity index (χ4n) is 4.36. The summed E-state index contributed by atoms with van der Waals surface area (Å²) in [6.45, 7) is 4.27. The van der Waals surface area contributed by atoms with Crippen LogP contribution in [0.3, 0.4) is 0 Å². The second-order valence-electron chi connectivity index (χ2n) is 8.85. The maximum atomic E-state index is 12.8. The van der Waals surface area contributed by atoms with Crippen molar-refractivity contribution in [2.45, 2.75) is 19.8 Å². The van der Waals surface area contributed by atoms with Gasteiger partial charge in [0.05, 0.1) is 16.3 Å². The first-order valence-electron chi connectivity index (χ1n) is 11.5. The number of amides is 1. The Balaban J connectivity index is 1.31. The molecule has 0 radical (unpaired) electrons. The average Bonchev–Trinajstić information content (AvgIpc) is 2.84. The molecule has 6 heteroatoms. The Hall–Kier alpha value is -3.57. The van der Waals surface area contributed by atoms with E-state index in [1.54, 1.807) is 36.4 Å². The third kappa shape index (κ3) is 4.57. The second kappa shape index (κ2) is 9.35. The molecule has 1 N–H and O–H groups in total. The molecular formula is C28H25ClN2O3. The Labute approximate surface area is 203 Å². The minimum absolute atomic E-state index is 0.243. The van der Waals surface area contributed by atoms with E-state index in [0.717, 1.165) is 42.9 Å². The van der Waals surface area contributed by atoms with Gasteiger partial charge in [-0.15, -0.1) is 0 Å². The molecule has 4 aromatic rings. The lowest BCUT2D eigenvalue weighted by molar-refractivity contribution is 0.102. The molecular weight excluding hydrogens is 448 g/mol. The molecule has 5 rings (SSSR count). The monoisotopic (exact) mass is 472 g/mol. The Kier molecular flexibility index (Phi) is 6.12. The van der Waals surface area contributed by atoms with Crippen molar-refractivity contribution in [1.82, 2.24) is 0 Å². The highest BCUT2D eigenvalue weighted by Gasteiger charge is 2.18. The van der Waals surface area contributed by atoms with Crippen LogP contribution in [-0.2, 0) is 0 Å². The second-order valence-corrected chi connectivity index (χ2v) is 9.26. The smallest absolute Gasteiger partial charge is 0.344 e. The number of carbonyl (C=O) groups excluding carboxylic acids is 1. The van der Waals surface area contributed by atoms with Gasteiger partial charge in [-0.1, -0.05) is 48.9 Å². The number of nitrogens with zero attached hydrogens (tertiary/aromatic N) is 1. The van der Waals surface area contributed by atoms with Crippen LogP contribution in [0.25, 0.3) is 22.1 Å². The van der Waals surface area contributed by atoms with Gasteiger partial charge in [-0.05, 0) is 66.8 Å². The zero-order valence-electron chi connectivity index (χ0n) is 18.9. The van der Waals surface area contributed by atoms with Crippen molar-refractivity contribution in [3.05, 3.63) is 93.8 Å². The van der Waals surface area contributed by atoms with Crippen LogP contribution in [0.2, 0.25) is 5.02 Å². The zero-order chi connectivity index (χ0) is 23.7. The molecule has 1 amide bonds. The van der Waals surface area contributed by atoms with E-state index >= 15 is 0 Å². The number of hydrogen-bond donors (Lipinski definition) is 1. The summed E-state index contributed by atoms with van der Waals surface area (Å²) in [7, 11) is 0. The summed E-state index contributed by atoms with van der Waals surface area (Å²) in [4.78, 5) is 27.5. The maximum absolute atomic E-state index is 12.8. The van der Waals surface area contributed by atoms with Crippen LogP contribution in [-0.4, -0.2) is 19.0 Å². The number of benzene rings is 3. The molecule has 1 saturated heterocycles. The van der Waals surface area contributed by atoms with E-state index in [-0.39, 0.29) is 5.91 Å². The highest BCUT2D eigenvalue weighted by molar-refractivity contribution is 6.33. The van der Waals surface area contributed by atoms with E-state index in [2.05, 4.69) is 17.1 Å². The van der Waals surface area contributed by atoms with E-state index in [1.165, 1.54) is 0 Å². The summed E-state index contributed by atoms with van der Waals surface area (Å²) in [6, 6.07) is 21.7. The van der Waals surface area contributed by atoms with Crippen LogP contribution in [0.4, 0.5) is 11.4 Å². The molecule has 5 nitrogen and oxygen atoms in total. The van der Waals surface area contributed by atoms with Crippen molar-refractivity contribution in [2.24, 2.45) is 5.92 Å². The van der Waals surface area contributed by atoms with Gasteiger partial charge in [-0.3, -0.25) is 4.79 Å². The van der Waals surface area contributed by atoms with E-state index < -0.39 is 5.63 Å². The van der Waals surface area contributed by atoms with Gasteiger partial charge in [-0.2, -0.15) is 0 Å². The molecule has 0 unspecified atom stereocenters.